The third-order valence-corrected chi connectivity index (χ3v) is 3.90. The number of carbonyl (C=O) groups is 1. The van der Waals surface area contributed by atoms with Gasteiger partial charge in [-0.05, 0) is 25.2 Å². The van der Waals surface area contributed by atoms with Gasteiger partial charge < -0.3 is 14.3 Å². The number of hydrogen-bond donors (Lipinski definition) is 1. The van der Waals surface area contributed by atoms with Gasteiger partial charge in [0.25, 0.3) is 0 Å². The first-order valence-electron chi connectivity index (χ1n) is 6.82. The van der Waals surface area contributed by atoms with Crippen LogP contribution in [0.2, 0.25) is 0 Å². The summed E-state index contributed by atoms with van der Waals surface area (Å²) in [4.78, 5) is 15.3. The van der Waals surface area contributed by atoms with Gasteiger partial charge in [-0.3, -0.25) is 0 Å². The molecule has 1 fully saturated rings. The van der Waals surface area contributed by atoms with Gasteiger partial charge >= 0.3 is 11.9 Å². The maximum atomic E-state index is 11.2. The summed E-state index contributed by atoms with van der Waals surface area (Å²) in [5, 5.41) is 9.13. The number of nitrogens with zero attached hydrogens (tertiary/aromatic N) is 1. The van der Waals surface area contributed by atoms with Crippen LogP contribution in [0.25, 0.3) is 0 Å². The van der Waals surface area contributed by atoms with E-state index in [1.807, 2.05) is 0 Å². The Morgan fingerprint density at radius 1 is 1.53 bits per heavy atom. The average molecular weight is 267 g/mol. The van der Waals surface area contributed by atoms with Gasteiger partial charge in [0, 0.05) is 5.92 Å². The maximum absolute atomic E-state index is 11.2. The van der Waals surface area contributed by atoms with Crippen molar-refractivity contribution < 1.29 is 19.1 Å². The second kappa shape index (κ2) is 5.23. The van der Waals surface area contributed by atoms with E-state index in [1.165, 1.54) is 6.42 Å². The number of oxazole rings is 1. The molecule has 1 atom stereocenters. The van der Waals surface area contributed by atoms with E-state index in [0.29, 0.717) is 12.5 Å². The molecule has 19 heavy (non-hydrogen) atoms. The fraction of sp³-hybridized carbons (Fsp3) is 0.714. The number of ether oxygens (including phenoxy) is 1. The molecule has 1 aliphatic rings. The SMILES string of the molecule is CCOc1oc(C2CCCCC2(C)C)nc1C(=O)O. The van der Waals surface area contributed by atoms with Gasteiger partial charge in [0.2, 0.25) is 11.6 Å². The number of hydrogen-bond acceptors (Lipinski definition) is 4. The van der Waals surface area contributed by atoms with Crippen molar-refractivity contribution >= 4 is 5.97 Å². The topological polar surface area (TPSA) is 72.6 Å². The zero-order valence-electron chi connectivity index (χ0n) is 11.7. The van der Waals surface area contributed by atoms with Crippen molar-refractivity contribution in [2.24, 2.45) is 5.41 Å². The Labute approximate surface area is 113 Å². The van der Waals surface area contributed by atoms with E-state index in [2.05, 4.69) is 18.8 Å². The van der Waals surface area contributed by atoms with Crippen molar-refractivity contribution in [3.8, 4) is 5.95 Å². The van der Waals surface area contributed by atoms with Gasteiger partial charge in [-0.1, -0.05) is 26.7 Å². The average Bonchev–Trinajstić information content (AvgIpc) is 2.73. The van der Waals surface area contributed by atoms with Crippen LogP contribution in [-0.2, 0) is 0 Å². The standard InChI is InChI=1S/C14H21NO4/c1-4-18-13-10(12(16)17)15-11(19-13)9-7-5-6-8-14(9,2)3/h9H,4-8H2,1-3H3,(H,16,17). The van der Waals surface area contributed by atoms with Crippen LogP contribution in [0.15, 0.2) is 4.42 Å². The van der Waals surface area contributed by atoms with E-state index in [4.69, 9.17) is 14.3 Å². The molecule has 0 spiro atoms. The molecule has 1 aliphatic carbocycles. The second-order valence-corrected chi connectivity index (χ2v) is 5.71. The minimum absolute atomic E-state index is 0.0337. The highest BCUT2D eigenvalue weighted by Gasteiger charge is 2.38. The summed E-state index contributed by atoms with van der Waals surface area (Å²) < 4.78 is 10.8. The van der Waals surface area contributed by atoms with Gasteiger partial charge in [0.15, 0.2) is 0 Å². The Morgan fingerprint density at radius 2 is 2.26 bits per heavy atom. The second-order valence-electron chi connectivity index (χ2n) is 5.71. The first-order chi connectivity index (χ1) is 8.95. The first-order valence-corrected chi connectivity index (χ1v) is 6.82. The largest absolute Gasteiger partial charge is 0.476 e. The van der Waals surface area contributed by atoms with E-state index in [1.54, 1.807) is 6.92 Å². The molecule has 1 saturated carbocycles. The number of rotatable bonds is 4. The van der Waals surface area contributed by atoms with Crippen molar-refractivity contribution in [1.82, 2.24) is 4.98 Å². The first kappa shape index (κ1) is 13.9. The molecule has 5 heteroatoms. The summed E-state index contributed by atoms with van der Waals surface area (Å²) in [6.07, 6.45) is 4.42. The Bertz CT molecular complexity index is 464. The normalized spacial score (nSPS) is 22.2. The van der Waals surface area contributed by atoms with Crippen LogP contribution in [0.3, 0.4) is 0 Å². The van der Waals surface area contributed by atoms with Gasteiger partial charge in [-0.2, -0.15) is 0 Å². The molecule has 0 saturated heterocycles. The Kier molecular flexibility index (Phi) is 3.83. The maximum Gasteiger partial charge on any atom is 0.362 e. The predicted octanol–water partition coefficient (Wildman–Crippen LogP) is 3.46. The monoisotopic (exact) mass is 267 g/mol. The fourth-order valence-corrected chi connectivity index (χ4v) is 2.79. The zero-order valence-corrected chi connectivity index (χ0v) is 11.7. The minimum atomic E-state index is -1.10. The van der Waals surface area contributed by atoms with E-state index < -0.39 is 5.97 Å². The third-order valence-electron chi connectivity index (χ3n) is 3.90. The van der Waals surface area contributed by atoms with Crippen molar-refractivity contribution in [2.75, 3.05) is 6.61 Å². The number of carboxylic acids is 1. The van der Waals surface area contributed by atoms with Crippen LogP contribution in [0.4, 0.5) is 0 Å². The molecule has 0 aliphatic heterocycles. The van der Waals surface area contributed by atoms with Crippen molar-refractivity contribution in [2.45, 2.75) is 52.4 Å². The Hall–Kier alpha value is -1.52. The van der Waals surface area contributed by atoms with Crippen molar-refractivity contribution in [1.29, 1.82) is 0 Å². The van der Waals surface area contributed by atoms with E-state index in [9.17, 15) is 4.79 Å². The molecule has 0 radical (unpaired) electrons. The molecule has 0 aromatic carbocycles. The smallest absolute Gasteiger partial charge is 0.362 e. The van der Waals surface area contributed by atoms with Gasteiger partial charge in [-0.25, -0.2) is 9.78 Å². The summed E-state index contributed by atoms with van der Waals surface area (Å²) in [6, 6.07) is 0. The molecule has 2 rings (SSSR count). The Balaban J connectivity index is 2.34. The Morgan fingerprint density at radius 3 is 2.84 bits per heavy atom. The van der Waals surface area contributed by atoms with E-state index in [0.717, 1.165) is 19.3 Å². The van der Waals surface area contributed by atoms with Gasteiger partial charge in [0.1, 0.15) is 0 Å². The van der Waals surface area contributed by atoms with Crippen LogP contribution < -0.4 is 4.74 Å². The quantitative estimate of drug-likeness (QED) is 0.904. The number of aromatic carboxylic acids is 1. The van der Waals surface area contributed by atoms with Crippen LogP contribution in [0, 0.1) is 5.41 Å². The lowest BCUT2D eigenvalue weighted by Crippen LogP contribution is -2.26. The molecular formula is C14H21NO4. The molecule has 1 aromatic heterocycles. The molecule has 1 unspecified atom stereocenters. The minimum Gasteiger partial charge on any atom is -0.476 e. The summed E-state index contributed by atoms with van der Waals surface area (Å²) in [5.41, 5.74) is -0.0271. The van der Waals surface area contributed by atoms with E-state index >= 15 is 0 Å². The molecule has 1 aromatic rings. The lowest BCUT2D eigenvalue weighted by molar-refractivity contribution is 0.0683. The van der Waals surface area contributed by atoms with Gasteiger partial charge in [-0.15, -0.1) is 0 Å². The van der Waals surface area contributed by atoms with Crippen molar-refractivity contribution in [3.05, 3.63) is 11.6 Å². The molecule has 1 N–H and O–H groups in total. The fourth-order valence-electron chi connectivity index (χ4n) is 2.79. The molecule has 5 nitrogen and oxygen atoms in total. The lowest BCUT2D eigenvalue weighted by Gasteiger charge is -2.36. The van der Waals surface area contributed by atoms with Crippen LogP contribution in [0.1, 0.15) is 68.8 Å². The summed E-state index contributed by atoms with van der Waals surface area (Å²) >= 11 is 0. The molecular weight excluding hydrogens is 246 g/mol. The van der Waals surface area contributed by atoms with Crippen LogP contribution in [-0.4, -0.2) is 22.7 Å². The third kappa shape index (κ3) is 2.74. The molecule has 1 heterocycles. The van der Waals surface area contributed by atoms with Crippen molar-refractivity contribution in [3.63, 3.8) is 0 Å². The molecule has 0 bridgehead atoms. The molecule has 106 valence electrons. The summed E-state index contributed by atoms with van der Waals surface area (Å²) in [7, 11) is 0. The van der Waals surface area contributed by atoms with Crippen LogP contribution in [0.5, 0.6) is 5.95 Å². The highest BCUT2D eigenvalue weighted by Crippen LogP contribution is 2.47. The summed E-state index contributed by atoms with van der Waals surface area (Å²) in [6.45, 7) is 6.52. The highest BCUT2D eigenvalue weighted by atomic mass is 16.6. The van der Waals surface area contributed by atoms with Gasteiger partial charge in [0.05, 0.1) is 6.61 Å². The molecule has 0 amide bonds. The lowest BCUT2D eigenvalue weighted by atomic mass is 9.69. The number of carboxylic acid groups (broad SMARTS) is 1. The van der Waals surface area contributed by atoms with E-state index in [-0.39, 0.29) is 23.0 Å². The highest BCUT2D eigenvalue weighted by molar-refractivity contribution is 5.87. The van der Waals surface area contributed by atoms with Crippen LogP contribution >= 0.6 is 0 Å². The summed E-state index contributed by atoms with van der Waals surface area (Å²) in [5.74, 6) is -0.405. The zero-order chi connectivity index (χ0) is 14.0. The predicted molar refractivity (Wildman–Crippen MR) is 69.6 cm³/mol. The number of aromatic nitrogens is 1.